The molecule has 2 aromatic carbocycles. The minimum absolute atomic E-state index is 0.263. The van der Waals surface area contributed by atoms with Crippen molar-refractivity contribution in [1.29, 1.82) is 0 Å². The van der Waals surface area contributed by atoms with Crippen molar-refractivity contribution in [3.8, 4) is 23.0 Å². The second kappa shape index (κ2) is 7.74. The molecule has 0 bridgehead atoms. The van der Waals surface area contributed by atoms with Crippen LogP contribution in [-0.4, -0.2) is 28.4 Å². The second-order valence-electron chi connectivity index (χ2n) is 5.05. The van der Waals surface area contributed by atoms with Crippen molar-refractivity contribution >= 4 is 0 Å². The standard InChI is InChI=1S/C18H23NO4/c1-20-15-9-5-7-12(17(15)22-3)11-14(19)13-8-6-10-16(21-2)18(13)23-4/h5-10,14H,11,19H2,1-4H3/t14-/m1/s1. The fraction of sp³-hybridized carbons (Fsp3) is 0.333. The van der Waals surface area contributed by atoms with Gasteiger partial charge in [0.25, 0.3) is 0 Å². The summed E-state index contributed by atoms with van der Waals surface area (Å²) in [4.78, 5) is 0. The van der Waals surface area contributed by atoms with Crippen LogP contribution in [0, 0.1) is 0 Å². The Morgan fingerprint density at radius 1 is 0.783 bits per heavy atom. The zero-order chi connectivity index (χ0) is 16.8. The quantitative estimate of drug-likeness (QED) is 0.850. The normalized spacial score (nSPS) is 11.7. The molecule has 2 N–H and O–H groups in total. The molecule has 0 amide bonds. The van der Waals surface area contributed by atoms with Crippen LogP contribution < -0.4 is 24.7 Å². The van der Waals surface area contributed by atoms with E-state index in [1.54, 1.807) is 28.4 Å². The number of nitrogens with two attached hydrogens (primary N) is 1. The summed E-state index contributed by atoms with van der Waals surface area (Å²) in [6, 6.07) is 11.2. The Labute approximate surface area is 136 Å². The van der Waals surface area contributed by atoms with Crippen LogP contribution in [0.2, 0.25) is 0 Å². The number of hydrogen-bond donors (Lipinski definition) is 1. The molecule has 124 valence electrons. The number of ether oxygens (including phenoxy) is 4. The van der Waals surface area contributed by atoms with Crippen LogP contribution in [0.4, 0.5) is 0 Å². The molecule has 5 nitrogen and oxygen atoms in total. The van der Waals surface area contributed by atoms with Gasteiger partial charge >= 0.3 is 0 Å². The van der Waals surface area contributed by atoms with Crippen LogP contribution in [0.1, 0.15) is 17.2 Å². The summed E-state index contributed by atoms with van der Waals surface area (Å²) in [6.07, 6.45) is 0.587. The summed E-state index contributed by atoms with van der Waals surface area (Å²) >= 11 is 0. The Morgan fingerprint density at radius 3 is 1.91 bits per heavy atom. The van der Waals surface area contributed by atoms with Crippen molar-refractivity contribution in [3.05, 3.63) is 47.5 Å². The first kappa shape index (κ1) is 17.0. The lowest BCUT2D eigenvalue weighted by molar-refractivity contribution is 0.346. The first-order chi connectivity index (χ1) is 11.2. The minimum atomic E-state index is -0.263. The summed E-state index contributed by atoms with van der Waals surface area (Å²) in [5, 5.41) is 0. The van der Waals surface area contributed by atoms with Crippen LogP contribution in [0.15, 0.2) is 36.4 Å². The summed E-state index contributed by atoms with van der Waals surface area (Å²) in [5.41, 5.74) is 8.27. The van der Waals surface area contributed by atoms with E-state index in [1.165, 1.54) is 0 Å². The molecule has 5 heteroatoms. The maximum atomic E-state index is 6.41. The molecule has 0 saturated heterocycles. The average molecular weight is 317 g/mol. The van der Waals surface area contributed by atoms with Crippen LogP contribution in [0.25, 0.3) is 0 Å². The molecule has 0 aliphatic heterocycles. The zero-order valence-corrected chi connectivity index (χ0v) is 14.0. The highest BCUT2D eigenvalue weighted by molar-refractivity contribution is 5.50. The van der Waals surface area contributed by atoms with E-state index in [0.29, 0.717) is 29.4 Å². The molecule has 2 aromatic rings. The number of para-hydroxylation sites is 2. The predicted molar refractivity (Wildman–Crippen MR) is 89.7 cm³/mol. The molecule has 0 fully saturated rings. The number of rotatable bonds is 7. The summed E-state index contributed by atoms with van der Waals surface area (Å²) < 4.78 is 21.6. The van der Waals surface area contributed by atoms with Gasteiger partial charge in [0, 0.05) is 11.6 Å². The van der Waals surface area contributed by atoms with E-state index in [1.807, 2.05) is 36.4 Å². The van der Waals surface area contributed by atoms with Crippen molar-refractivity contribution in [1.82, 2.24) is 0 Å². The lowest BCUT2D eigenvalue weighted by Crippen LogP contribution is -2.15. The van der Waals surface area contributed by atoms with Gasteiger partial charge in [0.1, 0.15) is 0 Å². The minimum Gasteiger partial charge on any atom is -0.493 e. The van der Waals surface area contributed by atoms with Crippen LogP contribution in [-0.2, 0) is 6.42 Å². The lowest BCUT2D eigenvalue weighted by atomic mass is 9.97. The molecule has 0 aliphatic rings. The molecule has 0 saturated carbocycles. The highest BCUT2D eigenvalue weighted by Gasteiger charge is 2.19. The molecule has 0 aliphatic carbocycles. The molecule has 2 rings (SSSR count). The average Bonchev–Trinajstić information content (AvgIpc) is 2.60. The van der Waals surface area contributed by atoms with E-state index in [-0.39, 0.29) is 6.04 Å². The van der Waals surface area contributed by atoms with Gasteiger partial charge in [-0.15, -0.1) is 0 Å². The van der Waals surface area contributed by atoms with Gasteiger partial charge in [-0.2, -0.15) is 0 Å². The van der Waals surface area contributed by atoms with Gasteiger partial charge in [0.05, 0.1) is 28.4 Å². The monoisotopic (exact) mass is 317 g/mol. The Kier molecular flexibility index (Phi) is 5.71. The Hall–Kier alpha value is -2.40. The molecule has 1 atom stereocenters. The molecule has 0 heterocycles. The van der Waals surface area contributed by atoms with Gasteiger partial charge in [-0.05, 0) is 24.1 Å². The van der Waals surface area contributed by atoms with E-state index in [4.69, 9.17) is 24.7 Å². The number of hydrogen-bond acceptors (Lipinski definition) is 5. The third kappa shape index (κ3) is 3.51. The summed E-state index contributed by atoms with van der Waals surface area (Å²) in [5.74, 6) is 2.71. The smallest absolute Gasteiger partial charge is 0.165 e. The molecular formula is C18H23NO4. The van der Waals surface area contributed by atoms with E-state index in [0.717, 1.165) is 11.1 Å². The van der Waals surface area contributed by atoms with Crippen molar-refractivity contribution in [2.24, 2.45) is 5.73 Å². The largest absolute Gasteiger partial charge is 0.493 e. The third-order valence-electron chi connectivity index (χ3n) is 3.76. The third-order valence-corrected chi connectivity index (χ3v) is 3.76. The fourth-order valence-electron chi connectivity index (χ4n) is 2.67. The van der Waals surface area contributed by atoms with Crippen molar-refractivity contribution < 1.29 is 18.9 Å². The van der Waals surface area contributed by atoms with Crippen LogP contribution >= 0.6 is 0 Å². The maximum absolute atomic E-state index is 6.41. The van der Waals surface area contributed by atoms with E-state index in [2.05, 4.69) is 0 Å². The molecule has 0 radical (unpaired) electrons. The maximum Gasteiger partial charge on any atom is 0.165 e. The number of methoxy groups -OCH3 is 4. The van der Waals surface area contributed by atoms with Gasteiger partial charge in [0.2, 0.25) is 0 Å². The highest BCUT2D eigenvalue weighted by atomic mass is 16.5. The predicted octanol–water partition coefficient (Wildman–Crippen LogP) is 2.96. The first-order valence-corrected chi connectivity index (χ1v) is 7.32. The van der Waals surface area contributed by atoms with E-state index < -0.39 is 0 Å². The second-order valence-corrected chi connectivity index (χ2v) is 5.05. The van der Waals surface area contributed by atoms with Crippen molar-refractivity contribution in [2.45, 2.75) is 12.5 Å². The molecule has 0 aromatic heterocycles. The SMILES string of the molecule is COc1cccc(C[C@@H](N)c2cccc(OC)c2OC)c1OC. The molecular weight excluding hydrogens is 294 g/mol. The molecule has 0 spiro atoms. The first-order valence-electron chi connectivity index (χ1n) is 7.32. The van der Waals surface area contributed by atoms with Gasteiger partial charge in [0.15, 0.2) is 23.0 Å². The Bertz CT molecular complexity index is 657. The summed E-state index contributed by atoms with van der Waals surface area (Å²) in [7, 11) is 6.46. The van der Waals surface area contributed by atoms with E-state index in [9.17, 15) is 0 Å². The fourth-order valence-corrected chi connectivity index (χ4v) is 2.67. The highest BCUT2D eigenvalue weighted by Crippen LogP contribution is 2.37. The van der Waals surface area contributed by atoms with Gasteiger partial charge in [-0.3, -0.25) is 0 Å². The topological polar surface area (TPSA) is 62.9 Å². The lowest BCUT2D eigenvalue weighted by Gasteiger charge is -2.19. The molecule has 0 unspecified atom stereocenters. The van der Waals surface area contributed by atoms with E-state index >= 15 is 0 Å². The number of benzene rings is 2. The van der Waals surface area contributed by atoms with Gasteiger partial charge in [-0.1, -0.05) is 24.3 Å². The van der Waals surface area contributed by atoms with Gasteiger partial charge < -0.3 is 24.7 Å². The van der Waals surface area contributed by atoms with Crippen molar-refractivity contribution in [2.75, 3.05) is 28.4 Å². The summed E-state index contributed by atoms with van der Waals surface area (Å²) in [6.45, 7) is 0. The van der Waals surface area contributed by atoms with Crippen LogP contribution in [0.3, 0.4) is 0 Å². The molecule has 23 heavy (non-hydrogen) atoms. The Morgan fingerprint density at radius 2 is 1.35 bits per heavy atom. The van der Waals surface area contributed by atoms with Crippen LogP contribution in [0.5, 0.6) is 23.0 Å². The van der Waals surface area contributed by atoms with Gasteiger partial charge in [-0.25, -0.2) is 0 Å². The Balaban J connectivity index is 2.35. The van der Waals surface area contributed by atoms with Crippen molar-refractivity contribution in [3.63, 3.8) is 0 Å². The zero-order valence-electron chi connectivity index (χ0n) is 14.0.